The van der Waals surface area contributed by atoms with Gasteiger partial charge in [0.05, 0.1) is 24.1 Å². The minimum absolute atomic E-state index is 0.271. The van der Waals surface area contributed by atoms with Crippen molar-refractivity contribution in [2.75, 3.05) is 37.6 Å². The Morgan fingerprint density at radius 2 is 1.88 bits per heavy atom. The third-order valence-electron chi connectivity index (χ3n) is 7.82. The minimum Gasteiger partial charge on any atom is -0.457 e. The zero-order valence-corrected chi connectivity index (χ0v) is 19.0. The van der Waals surface area contributed by atoms with Crippen LogP contribution in [-0.2, 0) is 11.3 Å². The molecule has 1 spiro atoms. The van der Waals surface area contributed by atoms with Crippen LogP contribution in [0.15, 0.2) is 24.5 Å². The molecule has 1 unspecified atom stereocenters. The smallest absolute Gasteiger partial charge is 0.338 e. The number of hydrogen-bond donors (Lipinski definition) is 1. The third-order valence-corrected chi connectivity index (χ3v) is 7.82. The topological polar surface area (TPSA) is 103 Å². The first-order chi connectivity index (χ1) is 16.0. The van der Waals surface area contributed by atoms with Crippen LogP contribution in [0.25, 0.3) is 0 Å². The Kier molecular flexibility index (Phi) is 5.77. The summed E-state index contributed by atoms with van der Waals surface area (Å²) >= 11 is 0. The molecule has 0 radical (unpaired) electrons. The molecule has 1 aromatic carbocycles. The molecule has 8 heteroatoms. The minimum atomic E-state index is -0.572. The SMILES string of the molecule is Cc1c(C(O)CN2CCC3(CC2)CCN(c2cnc(C#N)cn2)CC3)ccc2c1COC2=O. The van der Waals surface area contributed by atoms with E-state index in [1.54, 1.807) is 12.3 Å². The van der Waals surface area contributed by atoms with E-state index in [4.69, 9.17) is 10.00 Å². The second-order valence-corrected chi connectivity index (χ2v) is 9.56. The van der Waals surface area contributed by atoms with Gasteiger partial charge in [-0.1, -0.05) is 6.07 Å². The number of aliphatic hydroxyl groups is 1. The fourth-order valence-corrected chi connectivity index (χ4v) is 5.53. The summed E-state index contributed by atoms with van der Waals surface area (Å²) in [6, 6.07) is 5.67. The van der Waals surface area contributed by atoms with Crippen molar-refractivity contribution in [3.8, 4) is 6.07 Å². The summed E-state index contributed by atoms with van der Waals surface area (Å²) in [6.07, 6.45) is 7.19. The van der Waals surface area contributed by atoms with Crippen LogP contribution in [0.4, 0.5) is 5.82 Å². The number of esters is 1. The lowest BCUT2D eigenvalue weighted by molar-refractivity contribution is 0.0447. The standard InChI is InChI=1S/C25H29N5O3/c1-17-19(2-3-20-21(17)16-33-24(20)32)22(31)15-29-8-4-25(5-9-29)6-10-30(11-7-25)23-14-27-18(12-26)13-28-23/h2-3,13-14,22,31H,4-11,15-16H2,1H3. The van der Waals surface area contributed by atoms with Gasteiger partial charge in [0.15, 0.2) is 5.69 Å². The average Bonchev–Trinajstić information content (AvgIpc) is 3.23. The van der Waals surface area contributed by atoms with Crippen molar-refractivity contribution in [3.63, 3.8) is 0 Å². The number of nitriles is 1. The maximum absolute atomic E-state index is 11.8. The van der Waals surface area contributed by atoms with E-state index in [0.717, 1.165) is 74.4 Å². The molecular formula is C25H29N5O3. The molecule has 3 aliphatic heterocycles. The largest absolute Gasteiger partial charge is 0.457 e. The molecule has 33 heavy (non-hydrogen) atoms. The fraction of sp³-hybridized carbons (Fsp3) is 0.520. The van der Waals surface area contributed by atoms with Gasteiger partial charge in [-0.25, -0.2) is 14.8 Å². The summed E-state index contributed by atoms with van der Waals surface area (Å²) < 4.78 is 5.14. The van der Waals surface area contributed by atoms with Crippen molar-refractivity contribution < 1.29 is 14.6 Å². The number of aromatic nitrogens is 2. The van der Waals surface area contributed by atoms with Gasteiger partial charge in [0.1, 0.15) is 18.5 Å². The summed E-state index contributed by atoms with van der Waals surface area (Å²) in [7, 11) is 0. The van der Waals surface area contributed by atoms with Crippen LogP contribution in [0, 0.1) is 23.7 Å². The van der Waals surface area contributed by atoms with E-state index >= 15 is 0 Å². The van der Waals surface area contributed by atoms with E-state index in [1.165, 1.54) is 6.20 Å². The second kappa shape index (κ2) is 8.73. The first-order valence-electron chi connectivity index (χ1n) is 11.6. The molecule has 1 atom stereocenters. The quantitative estimate of drug-likeness (QED) is 0.714. The highest BCUT2D eigenvalue weighted by Gasteiger charge is 2.38. The van der Waals surface area contributed by atoms with Crippen molar-refractivity contribution in [1.82, 2.24) is 14.9 Å². The Hall–Kier alpha value is -3.02. The number of carbonyl (C=O) groups is 1. The third kappa shape index (κ3) is 4.19. The zero-order valence-electron chi connectivity index (χ0n) is 19.0. The number of piperidine rings is 2. The molecular weight excluding hydrogens is 418 g/mol. The number of hydrogen-bond acceptors (Lipinski definition) is 8. The van der Waals surface area contributed by atoms with Crippen molar-refractivity contribution >= 4 is 11.8 Å². The maximum atomic E-state index is 11.8. The number of rotatable bonds is 4. The Morgan fingerprint density at radius 3 is 2.55 bits per heavy atom. The van der Waals surface area contributed by atoms with E-state index in [9.17, 15) is 9.90 Å². The Balaban J connectivity index is 1.15. The zero-order chi connectivity index (χ0) is 23.0. The Bertz CT molecular complexity index is 1080. The van der Waals surface area contributed by atoms with E-state index < -0.39 is 6.10 Å². The highest BCUT2D eigenvalue weighted by atomic mass is 16.5. The summed E-state index contributed by atoms with van der Waals surface area (Å²) in [4.78, 5) is 24.9. The normalized spacial score (nSPS) is 20.9. The average molecular weight is 448 g/mol. The Morgan fingerprint density at radius 1 is 1.15 bits per heavy atom. The van der Waals surface area contributed by atoms with Crippen molar-refractivity contribution in [2.45, 2.75) is 45.3 Å². The van der Waals surface area contributed by atoms with Gasteiger partial charge in [-0.15, -0.1) is 0 Å². The Labute approximate surface area is 193 Å². The van der Waals surface area contributed by atoms with E-state index in [2.05, 4.69) is 19.8 Å². The number of likely N-dealkylation sites (tertiary alicyclic amines) is 1. The highest BCUT2D eigenvalue weighted by Crippen LogP contribution is 2.42. The monoisotopic (exact) mass is 447 g/mol. The predicted molar refractivity (Wildman–Crippen MR) is 122 cm³/mol. The number of benzene rings is 1. The van der Waals surface area contributed by atoms with Crippen molar-refractivity contribution in [3.05, 3.63) is 52.5 Å². The molecule has 2 fully saturated rings. The van der Waals surface area contributed by atoms with Gasteiger partial charge in [0, 0.05) is 25.2 Å². The molecule has 172 valence electrons. The van der Waals surface area contributed by atoms with Crippen LogP contribution in [0.2, 0.25) is 0 Å². The van der Waals surface area contributed by atoms with Gasteiger partial charge in [0.2, 0.25) is 0 Å². The summed E-state index contributed by atoms with van der Waals surface area (Å²) in [5.41, 5.74) is 4.11. The van der Waals surface area contributed by atoms with Gasteiger partial charge in [-0.3, -0.25) is 0 Å². The van der Waals surface area contributed by atoms with Crippen molar-refractivity contribution in [1.29, 1.82) is 5.26 Å². The van der Waals surface area contributed by atoms with Gasteiger partial charge in [0.25, 0.3) is 0 Å². The molecule has 2 saturated heterocycles. The number of carbonyl (C=O) groups excluding carboxylic acids is 1. The van der Waals surface area contributed by atoms with Crippen LogP contribution in [0.1, 0.15) is 64.5 Å². The molecule has 3 aliphatic rings. The number of ether oxygens (including phenoxy) is 1. The lowest BCUT2D eigenvalue weighted by Crippen LogP contribution is -2.47. The lowest BCUT2D eigenvalue weighted by atomic mass is 9.71. The van der Waals surface area contributed by atoms with Crippen LogP contribution >= 0.6 is 0 Å². The molecule has 0 saturated carbocycles. The van der Waals surface area contributed by atoms with Crippen LogP contribution in [0.5, 0.6) is 0 Å². The fourth-order valence-electron chi connectivity index (χ4n) is 5.53. The number of anilines is 1. The molecule has 0 amide bonds. The van der Waals surface area contributed by atoms with Crippen molar-refractivity contribution in [2.24, 2.45) is 5.41 Å². The predicted octanol–water partition coefficient (Wildman–Crippen LogP) is 2.74. The van der Waals surface area contributed by atoms with E-state index in [0.29, 0.717) is 29.8 Å². The second-order valence-electron chi connectivity index (χ2n) is 9.56. The molecule has 0 bridgehead atoms. The molecule has 1 aromatic heterocycles. The molecule has 2 aromatic rings. The van der Waals surface area contributed by atoms with Crippen LogP contribution in [0.3, 0.4) is 0 Å². The molecule has 5 rings (SSSR count). The molecule has 8 nitrogen and oxygen atoms in total. The first kappa shape index (κ1) is 21.8. The van der Waals surface area contributed by atoms with Crippen LogP contribution < -0.4 is 4.90 Å². The molecule has 0 aliphatic carbocycles. The van der Waals surface area contributed by atoms with Gasteiger partial charge < -0.3 is 19.6 Å². The van der Waals surface area contributed by atoms with E-state index in [-0.39, 0.29) is 5.97 Å². The summed E-state index contributed by atoms with van der Waals surface area (Å²) in [6.45, 7) is 6.77. The maximum Gasteiger partial charge on any atom is 0.338 e. The van der Waals surface area contributed by atoms with Gasteiger partial charge in [-0.05, 0) is 68.3 Å². The number of aliphatic hydroxyl groups excluding tert-OH is 1. The molecule has 4 heterocycles. The van der Waals surface area contributed by atoms with Crippen LogP contribution in [-0.4, -0.2) is 58.7 Å². The number of nitrogens with zero attached hydrogens (tertiary/aromatic N) is 5. The van der Waals surface area contributed by atoms with Gasteiger partial charge in [-0.2, -0.15) is 5.26 Å². The van der Waals surface area contributed by atoms with Gasteiger partial charge >= 0.3 is 5.97 Å². The highest BCUT2D eigenvalue weighted by molar-refractivity contribution is 5.93. The van der Waals surface area contributed by atoms with E-state index in [1.807, 2.05) is 19.1 Å². The summed E-state index contributed by atoms with van der Waals surface area (Å²) in [5, 5.41) is 19.8. The molecule has 1 N–H and O–H groups in total. The number of cyclic esters (lactones) is 1. The lowest BCUT2D eigenvalue weighted by Gasteiger charge is -2.47. The summed E-state index contributed by atoms with van der Waals surface area (Å²) in [5.74, 6) is 0.578. The number of β-amino-alcohol motifs (C(OH)–C–C–N with tert-alkyl or cyclic N) is 1. The first-order valence-corrected chi connectivity index (χ1v) is 11.6. The number of fused-ring (bicyclic) bond motifs is 1.